The molecule has 0 spiro atoms. The van der Waals surface area contributed by atoms with Crippen molar-refractivity contribution < 1.29 is 4.74 Å². The number of hydrogen-bond acceptors (Lipinski definition) is 1. The van der Waals surface area contributed by atoms with Crippen LogP contribution in [-0.2, 0) is 4.74 Å². The van der Waals surface area contributed by atoms with Crippen molar-refractivity contribution in [1.29, 1.82) is 0 Å². The third-order valence-electron chi connectivity index (χ3n) is 2.80. The number of terminal acetylenes is 1. The van der Waals surface area contributed by atoms with Crippen LogP contribution in [0.2, 0.25) is 0 Å². The first-order valence-electron chi connectivity index (χ1n) is 4.53. The molecule has 1 aliphatic carbocycles. The fourth-order valence-corrected chi connectivity index (χ4v) is 2.08. The number of hydrogen-bond donors (Lipinski definition) is 0. The van der Waals surface area contributed by atoms with Gasteiger partial charge in [-0.25, -0.2) is 0 Å². The molecule has 1 saturated carbocycles. The molecule has 1 nitrogen and oxygen atoms in total. The Labute approximate surface area is 68.1 Å². The van der Waals surface area contributed by atoms with E-state index in [0.29, 0.717) is 6.10 Å². The Morgan fingerprint density at radius 2 is 1.91 bits per heavy atom. The molecule has 60 valence electrons. The van der Waals surface area contributed by atoms with Gasteiger partial charge in [-0.3, -0.25) is 0 Å². The monoisotopic (exact) mass is 150 g/mol. The maximum absolute atomic E-state index is 5.37. The van der Waals surface area contributed by atoms with E-state index in [-0.39, 0.29) is 6.10 Å². The van der Waals surface area contributed by atoms with Gasteiger partial charge in [-0.2, -0.15) is 0 Å². The summed E-state index contributed by atoms with van der Waals surface area (Å²) in [6.45, 7) is 0. The van der Waals surface area contributed by atoms with Gasteiger partial charge in [0, 0.05) is 0 Å². The molecular formula is C10H14O. The zero-order valence-corrected chi connectivity index (χ0v) is 6.75. The zero-order valence-electron chi connectivity index (χ0n) is 6.75. The van der Waals surface area contributed by atoms with Crippen LogP contribution in [0.3, 0.4) is 0 Å². The van der Waals surface area contributed by atoms with Crippen molar-refractivity contribution in [3.63, 3.8) is 0 Å². The minimum atomic E-state index is 0.165. The van der Waals surface area contributed by atoms with Gasteiger partial charge in [-0.1, -0.05) is 25.2 Å². The second-order valence-corrected chi connectivity index (χ2v) is 3.59. The van der Waals surface area contributed by atoms with Crippen molar-refractivity contribution >= 4 is 0 Å². The van der Waals surface area contributed by atoms with E-state index >= 15 is 0 Å². The molecule has 0 N–H and O–H groups in total. The maximum Gasteiger partial charge on any atom is 0.144 e. The third-order valence-corrected chi connectivity index (χ3v) is 2.80. The number of rotatable bonds is 1. The quantitative estimate of drug-likeness (QED) is 0.411. The summed E-state index contributed by atoms with van der Waals surface area (Å²) in [7, 11) is 0. The van der Waals surface area contributed by atoms with Crippen LogP contribution < -0.4 is 0 Å². The highest BCUT2D eigenvalue weighted by molar-refractivity contribution is 5.10. The summed E-state index contributed by atoms with van der Waals surface area (Å²) in [5, 5.41) is 0. The maximum atomic E-state index is 5.37. The molecule has 1 heteroatoms. The summed E-state index contributed by atoms with van der Waals surface area (Å²) in [6.07, 6.45) is 12.7. The third kappa shape index (κ3) is 1.41. The largest absolute Gasteiger partial charge is 0.355 e. The summed E-state index contributed by atoms with van der Waals surface area (Å²) in [5.74, 6) is 3.45. The lowest BCUT2D eigenvalue weighted by Crippen LogP contribution is -2.13. The standard InChI is InChI=1S/C10H14O/c1-2-9-10(11-9)8-6-4-3-5-7-8/h1,8-10H,3-7H2/t9-,10+/m1/s1. The van der Waals surface area contributed by atoms with Crippen LogP contribution in [0.5, 0.6) is 0 Å². The van der Waals surface area contributed by atoms with Crippen molar-refractivity contribution in [2.24, 2.45) is 5.92 Å². The van der Waals surface area contributed by atoms with E-state index in [1.807, 2.05) is 0 Å². The molecule has 1 saturated heterocycles. The molecule has 11 heavy (non-hydrogen) atoms. The van der Waals surface area contributed by atoms with Gasteiger partial charge in [0.15, 0.2) is 0 Å². The summed E-state index contributed by atoms with van der Waals surface area (Å²) in [5.41, 5.74) is 0. The average molecular weight is 150 g/mol. The Hall–Kier alpha value is -0.480. The normalized spacial score (nSPS) is 38.1. The van der Waals surface area contributed by atoms with Crippen LogP contribution in [0.15, 0.2) is 0 Å². The molecular weight excluding hydrogens is 136 g/mol. The molecule has 0 aromatic rings. The molecule has 0 amide bonds. The van der Waals surface area contributed by atoms with E-state index in [1.54, 1.807) is 0 Å². The van der Waals surface area contributed by atoms with Crippen LogP contribution in [-0.4, -0.2) is 12.2 Å². The average Bonchev–Trinajstić information content (AvgIpc) is 2.85. The molecule has 2 rings (SSSR count). The number of epoxide rings is 1. The molecule has 2 aliphatic rings. The van der Waals surface area contributed by atoms with E-state index in [2.05, 4.69) is 5.92 Å². The Morgan fingerprint density at radius 3 is 2.45 bits per heavy atom. The minimum absolute atomic E-state index is 0.165. The summed E-state index contributed by atoms with van der Waals surface area (Å²) in [6, 6.07) is 0. The minimum Gasteiger partial charge on any atom is -0.355 e. The fourth-order valence-electron chi connectivity index (χ4n) is 2.08. The summed E-state index contributed by atoms with van der Waals surface area (Å²) in [4.78, 5) is 0. The predicted octanol–water partition coefficient (Wildman–Crippen LogP) is 1.97. The first kappa shape index (κ1) is 7.18. The van der Waals surface area contributed by atoms with Crippen LogP contribution in [0, 0.1) is 18.3 Å². The van der Waals surface area contributed by atoms with Crippen LogP contribution >= 0.6 is 0 Å². The number of ether oxygens (including phenoxy) is 1. The zero-order chi connectivity index (χ0) is 7.68. The van der Waals surface area contributed by atoms with E-state index in [9.17, 15) is 0 Å². The summed E-state index contributed by atoms with van der Waals surface area (Å²) >= 11 is 0. The van der Waals surface area contributed by atoms with Crippen molar-refractivity contribution in [3.05, 3.63) is 0 Å². The highest BCUT2D eigenvalue weighted by Gasteiger charge is 2.43. The van der Waals surface area contributed by atoms with Crippen molar-refractivity contribution in [2.45, 2.75) is 44.3 Å². The van der Waals surface area contributed by atoms with Gasteiger partial charge in [0.25, 0.3) is 0 Å². The van der Waals surface area contributed by atoms with Gasteiger partial charge in [0.1, 0.15) is 6.10 Å². The fraction of sp³-hybridized carbons (Fsp3) is 0.800. The topological polar surface area (TPSA) is 12.5 Å². The Morgan fingerprint density at radius 1 is 1.18 bits per heavy atom. The van der Waals surface area contributed by atoms with Crippen LogP contribution in [0.25, 0.3) is 0 Å². The van der Waals surface area contributed by atoms with Crippen molar-refractivity contribution in [2.75, 3.05) is 0 Å². The first-order chi connectivity index (χ1) is 5.42. The lowest BCUT2D eigenvalue weighted by atomic mass is 9.86. The molecule has 0 aromatic carbocycles. The SMILES string of the molecule is C#C[C@H]1O[C@H]1C1CCCCC1. The smallest absolute Gasteiger partial charge is 0.144 e. The van der Waals surface area contributed by atoms with Crippen molar-refractivity contribution in [3.8, 4) is 12.3 Å². The Balaban J connectivity index is 1.83. The second-order valence-electron chi connectivity index (χ2n) is 3.59. The molecule has 0 unspecified atom stereocenters. The molecule has 2 atom stereocenters. The van der Waals surface area contributed by atoms with Gasteiger partial charge in [-0.05, 0) is 18.8 Å². The Kier molecular flexibility index (Phi) is 1.87. The highest BCUT2D eigenvalue weighted by atomic mass is 16.6. The van der Waals surface area contributed by atoms with E-state index in [1.165, 1.54) is 32.1 Å². The Bertz CT molecular complexity index is 174. The van der Waals surface area contributed by atoms with E-state index in [0.717, 1.165) is 5.92 Å². The van der Waals surface area contributed by atoms with E-state index < -0.39 is 0 Å². The molecule has 0 bridgehead atoms. The molecule has 1 aliphatic heterocycles. The molecule has 0 radical (unpaired) electrons. The van der Waals surface area contributed by atoms with Gasteiger partial charge in [0.05, 0.1) is 6.10 Å². The highest BCUT2D eigenvalue weighted by Crippen LogP contribution is 2.37. The first-order valence-corrected chi connectivity index (χ1v) is 4.53. The summed E-state index contributed by atoms with van der Waals surface area (Å²) < 4.78 is 5.37. The van der Waals surface area contributed by atoms with Crippen LogP contribution in [0.1, 0.15) is 32.1 Å². The van der Waals surface area contributed by atoms with E-state index in [4.69, 9.17) is 11.2 Å². The van der Waals surface area contributed by atoms with Crippen LogP contribution in [0.4, 0.5) is 0 Å². The van der Waals surface area contributed by atoms with Gasteiger partial charge in [0.2, 0.25) is 0 Å². The van der Waals surface area contributed by atoms with Gasteiger partial charge >= 0.3 is 0 Å². The van der Waals surface area contributed by atoms with Gasteiger partial charge in [-0.15, -0.1) is 6.42 Å². The van der Waals surface area contributed by atoms with Crippen molar-refractivity contribution in [1.82, 2.24) is 0 Å². The van der Waals surface area contributed by atoms with Gasteiger partial charge < -0.3 is 4.74 Å². The lowest BCUT2D eigenvalue weighted by Gasteiger charge is -2.18. The predicted molar refractivity (Wildman–Crippen MR) is 44.1 cm³/mol. The molecule has 1 heterocycles. The second kappa shape index (κ2) is 2.87. The molecule has 2 fully saturated rings. The molecule has 0 aromatic heterocycles. The lowest BCUT2D eigenvalue weighted by molar-refractivity contribution is 0.265.